The number of carbonyl (C=O) groups excluding carboxylic acids is 1. The van der Waals surface area contributed by atoms with Crippen molar-refractivity contribution in [2.75, 3.05) is 6.61 Å². The lowest BCUT2D eigenvalue weighted by Crippen LogP contribution is -2.24. The summed E-state index contributed by atoms with van der Waals surface area (Å²) in [6, 6.07) is 30.9. The number of ketones is 1. The van der Waals surface area contributed by atoms with Crippen molar-refractivity contribution in [1.82, 2.24) is 0 Å². The summed E-state index contributed by atoms with van der Waals surface area (Å²) in [6.07, 6.45) is 0. The largest absolute Gasteiger partial charge is 0.587 e. The van der Waals surface area contributed by atoms with E-state index in [2.05, 4.69) is 0 Å². The van der Waals surface area contributed by atoms with Crippen LogP contribution in [0.3, 0.4) is 0 Å². The molecule has 0 aromatic heterocycles. The second-order valence-electron chi connectivity index (χ2n) is 8.02. The van der Waals surface area contributed by atoms with Crippen LogP contribution < -0.4 is 9.05 Å². The number of rotatable bonds is 8. The molecule has 0 aliphatic carbocycles. The zero-order valence-corrected chi connectivity index (χ0v) is 21.1. The fourth-order valence-electron chi connectivity index (χ4n) is 3.89. The molecule has 0 amide bonds. The first kappa shape index (κ1) is 24.7. The van der Waals surface area contributed by atoms with E-state index in [1.165, 1.54) is 18.2 Å². The molecule has 1 heterocycles. The third-order valence-corrected chi connectivity index (χ3v) is 8.81. The zero-order chi connectivity index (χ0) is 25.9. The fraction of sp³-hybridized carbons (Fsp3) is 0.0357. The van der Waals surface area contributed by atoms with Crippen molar-refractivity contribution in [3.63, 3.8) is 0 Å². The molecular weight excluding hydrogens is 511 g/mol. The second-order valence-corrected chi connectivity index (χ2v) is 11.5. The second kappa shape index (κ2) is 10.2. The summed E-state index contributed by atoms with van der Waals surface area (Å²) in [5.74, 6) is -0.0723. The Labute approximate surface area is 214 Å². The van der Waals surface area contributed by atoms with Gasteiger partial charge in [-0.1, -0.05) is 78.9 Å². The highest BCUT2D eigenvalue weighted by molar-refractivity contribution is 7.95. The highest BCUT2D eigenvalue weighted by Crippen LogP contribution is 2.51. The number of carbonyl (C=O) groups is 1. The number of benzene rings is 4. The minimum Gasteiger partial charge on any atom is -0.395 e. The Kier molecular flexibility index (Phi) is 6.80. The Bertz CT molecular complexity index is 1570. The normalized spacial score (nSPS) is 14.6. The van der Waals surface area contributed by atoms with E-state index in [0.29, 0.717) is 5.56 Å². The van der Waals surface area contributed by atoms with Gasteiger partial charge in [-0.05, 0) is 42.0 Å². The van der Waals surface area contributed by atoms with E-state index in [9.17, 15) is 17.8 Å². The Morgan fingerprint density at radius 3 is 1.70 bits per heavy atom. The minimum atomic E-state index is -4.42. The average Bonchev–Trinajstić information content (AvgIpc) is 2.91. The van der Waals surface area contributed by atoms with Crippen LogP contribution in [0.4, 0.5) is 0 Å². The van der Waals surface area contributed by atoms with Gasteiger partial charge in [-0.15, -0.1) is 0 Å². The lowest BCUT2D eigenvalue weighted by Gasteiger charge is -2.24. The van der Waals surface area contributed by atoms with Gasteiger partial charge in [0.05, 0.1) is 16.4 Å². The molecule has 37 heavy (non-hydrogen) atoms. The van der Waals surface area contributed by atoms with Crippen LogP contribution in [-0.2, 0) is 18.9 Å². The van der Waals surface area contributed by atoms with E-state index < -0.39 is 30.1 Å². The molecule has 5 rings (SSSR count). The number of hydrogen-bond acceptors (Lipinski definition) is 7. The van der Waals surface area contributed by atoms with E-state index >= 15 is 0 Å². The number of allylic oxidation sites excluding steroid dienone is 1. The monoisotopic (exact) mass is 532 g/mol. The lowest BCUT2D eigenvalue weighted by atomic mass is 9.96. The van der Waals surface area contributed by atoms with Crippen LogP contribution in [0.5, 0.6) is 11.5 Å². The summed E-state index contributed by atoms with van der Waals surface area (Å²) in [5.41, 5.74) is 0.409. The van der Waals surface area contributed by atoms with Crippen molar-refractivity contribution in [2.45, 2.75) is 4.90 Å². The van der Waals surface area contributed by atoms with Gasteiger partial charge in [0, 0.05) is 11.1 Å². The van der Waals surface area contributed by atoms with Gasteiger partial charge in [0.15, 0.2) is 5.78 Å². The van der Waals surface area contributed by atoms with Gasteiger partial charge in [0.25, 0.3) is 0 Å². The maximum atomic E-state index is 13.8. The molecule has 9 heteroatoms. The molecule has 0 saturated heterocycles. The smallest absolute Gasteiger partial charge is 0.395 e. The molecule has 1 aliphatic rings. The molecular formula is C28H21O7PS. The number of hydrogen-bond donors (Lipinski definition) is 0. The van der Waals surface area contributed by atoms with Gasteiger partial charge in [-0.2, -0.15) is 0 Å². The van der Waals surface area contributed by atoms with Gasteiger partial charge in [0.1, 0.15) is 11.5 Å². The maximum Gasteiger partial charge on any atom is 0.587 e. The van der Waals surface area contributed by atoms with Crippen molar-refractivity contribution in [1.29, 1.82) is 0 Å². The maximum absolute atomic E-state index is 13.8. The number of phosphoric acid groups is 1. The van der Waals surface area contributed by atoms with Crippen LogP contribution in [0.2, 0.25) is 0 Å². The molecule has 4 aromatic rings. The highest BCUT2D eigenvalue weighted by Gasteiger charge is 2.40. The molecule has 0 saturated carbocycles. The van der Waals surface area contributed by atoms with Crippen LogP contribution in [0.1, 0.15) is 15.9 Å². The fourth-order valence-corrected chi connectivity index (χ4v) is 6.84. The Morgan fingerprint density at radius 1 is 0.649 bits per heavy atom. The van der Waals surface area contributed by atoms with Crippen molar-refractivity contribution < 1.29 is 31.3 Å². The predicted octanol–water partition coefficient (Wildman–Crippen LogP) is 6.35. The van der Waals surface area contributed by atoms with Gasteiger partial charge in [-0.3, -0.25) is 9.32 Å². The summed E-state index contributed by atoms with van der Waals surface area (Å²) in [4.78, 5) is 13.1. The Morgan fingerprint density at radius 2 is 1.14 bits per heavy atom. The topological polar surface area (TPSA) is 96.0 Å². The zero-order valence-electron chi connectivity index (χ0n) is 19.4. The van der Waals surface area contributed by atoms with Crippen LogP contribution >= 0.6 is 7.82 Å². The van der Waals surface area contributed by atoms with E-state index in [-0.39, 0.29) is 32.4 Å². The average molecular weight is 533 g/mol. The minimum absolute atomic E-state index is 0.0507. The predicted molar refractivity (Wildman–Crippen MR) is 139 cm³/mol. The molecule has 186 valence electrons. The number of phosphoric ester groups is 1. The highest BCUT2D eigenvalue weighted by atomic mass is 32.2. The van der Waals surface area contributed by atoms with Crippen LogP contribution in [-0.4, -0.2) is 20.8 Å². The SMILES string of the molecule is O=C1C(c2ccccc2)=C(COP(=O)(Oc2ccccc2)Oc2ccccc2)S(=O)(=O)c2ccccc21. The molecule has 0 fully saturated rings. The molecule has 1 aliphatic heterocycles. The molecule has 0 atom stereocenters. The van der Waals surface area contributed by atoms with Gasteiger partial charge in [0.2, 0.25) is 9.84 Å². The van der Waals surface area contributed by atoms with Gasteiger partial charge in [-0.25, -0.2) is 13.0 Å². The Hall–Kier alpha value is -3.97. The molecule has 7 nitrogen and oxygen atoms in total. The molecule has 0 spiro atoms. The van der Waals surface area contributed by atoms with Crippen LogP contribution in [0, 0.1) is 0 Å². The number of sulfone groups is 1. The molecule has 0 radical (unpaired) electrons. The summed E-state index contributed by atoms with van der Waals surface area (Å²) in [6.45, 7) is -0.719. The van der Waals surface area contributed by atoms with Crippen molar-refractivity contribution in [2.24, 2.45) is 0 Å². The number of fused-ring (bicyclic) bond motifs is 1. The van der Waals surface area contributed by atoms with Gasteiger partial charge < -0.3 is 9.05 Å². The van der Waals surface area contributed by atoms with Crippen molar-refractivity contribution >= 4 is 29.0 Å². The molecule has 0 unspecified atom stereocenters. The van der Waals surface area contributed by atoms with E-state index in [0.717, 1.165) is 0 Å². The standard InChI is InChI=1S/C28H21O7PS/c29-28-24-18-10-11-19-25(24)37(31,32)26(27(28)21-12-4-1-5-13-21)20-33-36(30,34-22-14-6-2-7-15-22)35-23-16-8-3-9-17-23/h1-19H,20H2. The number of Topliss-reactive ketones (excluding diaryl/α,β-unsaturated/α-hetero) is 1. The summed E-state index contributed by atoms with van der Waals surface area (Å²) < 4.78 is 58.1. The summed E-state index contributed by atoms with van der Waals surface area (Å²) in [7, 11) is -8.60. The first-order valence-corrected chi connectivity index (χ1v) is 14.2. The summed E-state index contributed by atoms with van der Waals surface area (Å²) >= 11 is 0. The van der Waals surface area contributed by atoms with Crippen LogP contribution in [0.25, 0.3) is 5.57 Å². The Balaban J connectivity index is 1.58. The quantitative estimate of drug-likeness (QED) is 0.244. The van der Waals surface area contributed by atoms with E-state index in [1.54, 1.807) is 97.1 Å². The third-order valence-electron chi connectivity index (χ3n) is 5.59. The number of para-hydroxylation sites is 2. The first-order chi connectivity index (χ1) is 17.9. The van der Waals surface area contributed by atoms with Gasteiger partial charge >= 0.3 is 7.82 Å². The molecule has 0 N–H and O–H groups in total. The third kappa shape index (κ3) is 5.13. The van der Waals surface area contributed by atoms with Crippen LogP contribution in [0.15, 0.2) is 125 Å². The summed E-state index contributed by atoms with van der Waals surface area (Å²) in [5, 5.41) is 0. The molecule has 0 bridgehead atoms. The van der Waals surface area contributed by atoms with E-state index in [1.807, 2.05) is 0 Å². The van der Waals surface area contributed by atoms with Crippen molar-refractivity contribution in [3.05, 3.63) is 131 Å². The lowest BCUT2D eigenvalue weighted by molar-refractivity contribution is 0.105. The first-order valence-electron chi connectivity index (χ1n) is 11.3. The van der Waals surface area contributed by atoms with E-state index in [4.69, 9.17) is 13.6 Å². The molecule has 4 aromatic carbocycles. The van der Waals surface area contributed by atoms with Crippen molar-refractivity contribution in [3.8, 4) is 11.5 Å².